The maximum Gasteiger partial charge on any atom is 0.161 e. The van der Waals surface area contributed by atoms with Gasteiger partial charge in [0.15, 0.2) is 11.2 Å². The molecule has 5 nitrogen and oxygen atoms in total. The second-order valence-electron chi connectivity index (χ2n) is 15.7. The lowest BCUT2D eigenvalue weighted by Gasteiger charge is -2.27. The van der Waals surface area contributed by atoms with E-state index in [1.165, 1.54) is 11.1 Å². The van der Waals surface area contributed by atoms with Gasteiger partial charge >= 0.3 is 0 Å². The van der Waals surface area contributed by atoms with E-state index in [2.05, 4.69) is 169 Å². The van der Waals surface area contributed by atoms with Gasteiger partial charge in [-0.15, -0.1) is 0 Å². The summed E-state index contributed by atoms with van der Waals surface area (Å²) in [4.78, 5) is 12.0. The number of hydrogen-bond donors (Lipinski definition) is 0. The average molecular weight is 808 g/mol. The van der Waals surface area contributed by atoms with Crippen molar-refractivity contribution < 1.29 is 8.83 Å². The van der Waals surface area contributed by atoms with Crippen LogP contribution in [0.3, 0.4) is 0 Å². The molecule has 0 aliphatic rings. The summed E-state index contributed by atoms with van der Waals surface area (Å²) in [5, 5.41) is 4.27. The molecular weight excluding hydrogens is 771 g/mol. The number of aromatic nitrogens is 2. The van der Waals surface area contributed by atoms with Gasteiger partial charge in [0.2, 0.25) is 0 Å². The lowest BCUT2D eigenvalue weighted by molar-refractivity contribution is 0.668. The zero-order chi connectivity index (χ0) is 41.7. The van der Waals surface area contributed by atoms with E-state index in [0.717, 1.165) is 106 Å². The molecule has 0 bridgehead atoms. The molecule has 4 aromatic heterocycles. The number of furan rings is 2. The fourth-order valence-corrected chi connectivity index (χ4v) is 8.95. The Hall–Kier alpha value is -8.54. The second-order valence-corrected chi connectivity index (χ2v) is 15.7. The molecule has 0 fully saturated rings. The number of anilines is 3. The van der Waals surface area contributed by atoms with Crippen molar-refractivity contribution in [3.05, 3.63) is 225 Å². The molecule has 0 N–H and O–H groups in total. The number of benzene rings is 8. The van der Waals surface area contributed by atoms with E-state index in [1.54, 1.807) is 0 Å². The Morgan fingerprint density at radius 1 is 0.302 bits per heavy atom. The van der Waals surface area contributed by atoms with E-state index in [0.29, 0.717) is 0 Å². The second kappa shape index (κ2) is 15.2. The molecule has 5 heteroatoms. The largest absolute Gasteiger partial charge is 0.454 e. The van der Waals surface area contributed by atoms with Gasteiger partial charge in [-0.3, -0.25) is 9.97 Å². The van der Waals surface area contributed by atoms with E-state index in [-0.39, 0.29) is 0 Å². The molecule has 4 heterocycles. The standard InChI is InChI=1S/C58H37N3O2/c1-3-11-38(12-4-1)39-19-21-41(22-20-39)47-32-31-46(37-52(47)40-13-5-2-6-14-40)61(44-27-23-42(24-28-44)55-57-50(33-35-59-55)48-15-7-9-17-53(48)62-57)45-29-25-43(26-30-45)56-58-51(34-36-60-56)49-16-8-10-18-54(49)63-58/h1-37H. The fraction of sp³-hybridized carbons (Fsp3) is 0. The molecule has 296 valence electrons. The average Bonchev–Trinajstić information content (AvgIpc) is 3.94. The summed E-state index contributed by atoms with van der Waals surface area (Å²) in [7, 11) is 0. The van der Waals surface area contributed by atoms with Gasteiger partial charge in [-0.2, -0.15) is 0 Å². The molecule has 0 amide bonds. The fourth-order valence-electron chi connectivity index (χ4n) is 8.95. The Kier molecular flexibility index (Phi) is 8.75. The molecule has 0 spiro atoms. The molecule has 0 unspecified atom stereocenters. The third-order valence-electron chi connectivity index (χ3n) is 12.0. The highest BCUT2D eigenvalue weighted by molar-refractivity contribution is 6.09. The smallest absolute Gasteiger partial charge is 0.161 e. The maximum absolute atomic E-state index is 6.39. The molecule has 12 rings (SSSR count). The van der Waals surface area contributed by atoms with E-state index in [4.69, 9.17) is 18.8 Å². The summed E-state index contributed by atoms with van der Waals surface area (Å²) in [5.74, 6) is 0. The van der Waals surface area contributed by atoms with Crippen LogP contribution in [0.4, 0.5) is 17.1 Å². The zero-order valence-corrected chi connectivity index (χ0v) is 34.0. The lowest BCUT2D eigenvalue weighted by Crippen LogP contribution is -2.10. The molecule has 12 aromatic rings. The Bertz CT molecular complexity index is 3440. The minimum absolute atomic E-state index is 0.784. The van der Waals surface area contributed by atoms with Crippen LogP contribution in [0.25, 0.3) is 99.8 Å². The Labute approximate surface area is 363 Å². The van der Waals surface area contributed by atoms with Crippen molar-refractivity contribution in [2.75, 3.05) is 4.90 Å². The van der Waals surface area contributed by atoms with Crippen molar-refractivity contribution in [1.82, 2.24) is 9.97 Å². The number of pyridine rings is 2. The van der Waals surface area contributed by atoms with Crippen molar-refractivity contribution in [2.45, 2.75) is 0 Å². The van der Waals surface area contributed by atoms with Gasteiger partial charge in [0.1, 0.15) is 22.6 Å². The van der Waals surface area contributed by atoms with Crippen molar-refractivity contribution in [2.24, 2.45) is 0 Å². The number of fused-ring (bicyclic) bond motifs is 6. The first kappa shape index (κ1) is 36.3. The molecule has 8 aromatic carbocycles. The first-order valence-electron chi connectivity index (χ1n) is 21.1. The van der Waals surface area contributed by atoms with Gasteiger partial charge in [0, 0.05) is 62.1 Å². The summed E-state index contributed by atoms with van der Waals surface area (Å²) in [6, 6.07) is 74.4. The third kappa shape index (κ3) is 6.42. The van der Waals surface area contributed by atoms with Gasteiger partial charge in [-0.1, -0.05) is 152 Å². The van der Waals surface area contributed by atoms with Crippen molar-refractivity contribution in [3.63, 3.8) is 0 Å². The Balaban J connectivity index is 0.986. The van der Waals surface area contributed by atoms with Crippen LogP contribution in [0.15, 0.2) is 234 Å². The van der Waals surface area contributed by atoms with Crippen molar-refractivity contribution in [1.29, 1.82) is 0 Å². The van der Waals surface area contributed by atoms with Crippen LogP contribution < -0.4 is 4.90 Å². The quantitative estimate of drug-likeness (QED) is 0.153. The summed E-state index contributed by atoms with van der Waals surface area (Å²) < 4.78 is 12.8. The van der Waals surface area contributed by atoms with Gasteiger partial charge in [0.25, 0.3) is 0 Å². The molecule has 0 atom stereocenters. The summed E-state index contributed by atoms with van der Waals surface area (Å²) in [6.07, 6.45) is 3.73. The molecule has 0 saturated carbocycles. The topological polar surface area (TPSA) is 55.3 Å². The van der Waals surface area contributed by atoms with E-state index < -0.39 is 0 Å². The Morgan fingerprint density at radius 3 is 1.25 bits per heavy atom. The number of nitrogens with zero attached hydrogens (tertiary/aromatic N) is 3. The van der Waals surface area contributed by atoms with Crippen LogP contribution in [-0.2, 0) is 0 Å². The van der Waals surface area contributed by atoms with E-state index in [1.807, 2.05) is 60.9 Å². The van der Waals surface area contributed by atoms with Gasteiger partial charge < -0.3 is 13.7 Å². The predicted molar refractivity (Wildman–Crippen MR) is 258 cm³/mol. The first-order valence-corrected chi connectivity index (χ1v) is 21.1. The highest BCUT2D eigenvalue weighted by Gasteiger charge is 2.20. The summed E-state index contributed by atoms with van der Waals surface area (Å²) in [6.45, 7) is 0. The van der Waals surface area contributed by atoms with Crippen LogP contribution in [0.1, 0.15) is 0 Å². The minimum atomic E-state index is 0.784. The van der Waals surface area contributed by atoms with Crippen LogP contribution in [0.5, 0.6) is 0 Å². The van der Waals surface area contributed by atoms with Crippen LogP contribution in [-0.4, -0.2) is 9.97 Å². The summed E-state index contributed by atoms with van der Waals surface area (Å²) in [5.41, 5.74) is 16.8. The predicted octanol–water partition coefficient (Wildman–Crippen LogP) is 16.1. The normalized spacial score (nSPS) is 11.5. The number of para-hydroxylation sites is 2. The van der Waals surface area contributed by atoms with Gasteiger partial charge in [-0.25, -0.2) is 0 Å². The lowest BCUT2D eigenvalue weighted by atomic mass is 9.92. The van der Waals surface area contributed by atoms with Crippen LogP contribution in [0, 0.1) is 0 Å². The van der Waals surface area contributed by atoms with Crippen LogP contribution >= 0.6 is 0 Å². The highest BCUT2D eigenvalue weighted by Crippen LogP contribution is 2.43. The van der Waals surface area contributed by atoms with Crippen molar-refractivity contribution >= 4 is 60.9 Å². The van der Waals surface area contributed by atoms with Crippen molar-refractivity contribution in [3.8, 4) is 55.9 Å². The molecule has 0 radical (unpaired) electrons. The molecular formula is C58H37N3O2. The van der Waals surface area contributed by atoms with E-state index >= 15 is 0 Å². The number of hydrogen-bond acceptors (Lipinski definition) is 5. The maximum atomic E-state index is 6.39. The first-order chi connectivity index (χ1) is 31.2. The van der Waals surface area contributed by atoms with Crippen LogP contribution in [0.2, 0.25) is 0 Å². The molecule has 0 saturated heterocycles. The molecule has 0 aliphatic carbocycles. The van der Waals surface area contributed by atoms with Gasteiger partial charge in [-0.05, 0) is 94.0 Å². The summed E-state index contributed by atoms with van der Waals surface area (Å²) >= 11 is 0. The third-order valence-corrected chi connectivity index (χ3v) is 12.0. The SMILES string of the molecule is c1ccc(-c2ccc(-c3ccc(N(c4ccc(-c5nccc6c5oc5ccccc56)cc4)c4ccc(-c5nccc6c5oc5ccccc56)cc4)cc3-c3ccccc3)cc2)cc1. The monoisotopic (exact) mass is 807 g/mol. The Morgan fingerprint density at radius 2 is 0.714 bits per heavy atom. The highest BCUT2D eigenvalue weighted by atomic mass is 16.3. The van der Waals surface area contributed by atoms with Gasteiger partial charge in [0.05, 0.1) is 0 Å². The van der Waals surface area contributed by atoms with E-state index in [9.17, 15) is 0 Å². The minimum Gasteiger partial charge on any atom is -0.454 e. The number of rotatable bonds is 8. The molecule has 63 heavy (non-hydrogen) atoms. The molecule has 0 aliphatic heterocycles. The zero-order valence-electron chi connectivity index (χ0n) is 34.0.